The van der Waals surface area contributed by atoms with Crippen LogP contribution >= 0.6 is 0 Å². The highest BCUT2D eigenvalue weighted by Gasteiger charge is 2.73. The maximum Gasteiger partial charge on any atom is 0.137 e. The van der Waals surface area contributed by atoms with E-state index in [2.05, 4.69) is 20.8 Å². The fourth-order valence-electron chi connectivity index (χ4n) is 4.03. The Kier molecular flexibility index (Phi) is 1.44. The highest BCUT2D eigenvalue weighted by molar-refractivity contribution is 5.89. The van der Waals surface area contributed by atoms with Gasteiger partial charge in [-0.15, -0.1) is 0 Å². The number of carbonyl (C=O) groups excluding carboxylic acids is 1. The standard InChI is InChI=1S/C13H18O/c1-7(2)8-4-9-6-11(14)12-10(5-8)13(9,12)3/h9-10,12H,4-6H2,1-3H3/t9-,10?,12?,13+/m1/s1. The van der Waals surface area contributed by atoms with Crippen molar-refractivity contribution in [3.05, 3.63) is 11.1 Å². The first-order valence-corrected chi connectivity index (χ1v) is 5.73. The van der Waals surface area contributed by atoms with Gasteiger partial charge in [0.15, 0.2) is 0 Å². The maximum absolute atomic E-state index is 11.7. The Labute approximate surface area is 85.6 Å². The van der Waals surface area contributed by atoms with Crippen molar-refractivity contribution in [1.82, 2.24) is 0 Å². The summed E-state index contributed by atoms with van der Waals surface area (Å²) in [6, 6.07) is 0. The van der Waals surface area contributed by atoms with Gasteiger partial charge in [0.2, 0.25) is 0 Å². The number of ketones is 1. The molecular weight excluding hydrogens is 172 g/mol. The van der Waals surface area contributed by atoms with Crippen LogP contribution in [0.2, 0.25) is 0 Å². The summed E-state index contributed by atoms with van der Waals surface area (Å²) in [6.07, 6.45) is 3.29. The van der Waals surface area contributed by atoms with E-state index in [4.69, 9.17) is 0 Å². The summed E-state index contributed by atoms with van der Waals surface area (Å²) in [4.78, 5) is 11.7. The van der Waals surface area contributed by atoms with Crippen LogP contribution in [0.1, 0.15) is 40.0 Å². The van der Waals surface area contributed by atoms with E-state index < -0.39 is 0 Å². The Morgan fingerprint density at radius 3 is 2.57 bits per heavy atom. The summed E-state index contributed by atoms with van der Waals surface area (Å²) in [5.41, 5.74) is 3.57. The van der Waals surface area contributed by atoms with Crippen LogP contribution in [0.3, 0.4) is 0 Å². The highest BCUT2D eigenvalue weighted by Crippen LogP contribution is 2.74. The molecule has 0 saturated heterocycles. The molecule has 0 aromatic heterocycles. The van der Waals surface area contributed by atoms with E-state index in [1.54, 1.807) is 5.57 Å². The molecule has 3 rings (SSSR count). The van der Waals surface area contributed by atoms with Gasteiger partial charge >= 0.3 is 0 Å². The number of hydrogen-bond donors (Lipinski definition) is 0. The Hall–Kier alpha value is -0.590. The second-order valence-corrected chi connectivity index (χ2v) is 5.83. The minimum atomic E-state index is 0.427. The zero-order valence-corrected chi connectivity index (χ0v) is 9.26. The van der Waals surface area contributed by atoms with Crippen molar-refractivity contribution in [2.45, 2.75) is 40.0 Å². The number of allylic oxidation sites excluding steroid dienone is 2. The molecule has 2 unspecified atom stereocenters. The lowest BCUT2D eigenvalue weighted by atomic mass is 9.75. The van der Waals surface area contributed by atoms with E-state index in [0.29, 0.717) is 29.0 Å². The van der Waals surface area contributed by atoms with Gasteiger partial charge in [0.25, 0.3) is 0 Å². The molecule has 3 saturated carbocycles. The molecule has 0 N–H and O–H groups in total. The van der Waals surface area contributed by atoms with Gasteiger partial charge in [-0.3, -0.25) is 4.79 Å². The molecule has 14 heavy (non-hydrogen) atoms. The molecule has 0 radical (unpaired) electrons. The van der Waals surface area contributed by atoms with Gasteiger partial charge in [-0.05, 0) is 43.9 Å². The highest BCUT2D eigenvalue weighted by atomic mass is 16.1. The molecule has 3 fully saturated rings. The summed E-state index contributed by atoms with van der Waals surface area (Å²) in [5.74, 6) is 2.41. The molecule has 4 atom stereocenters. The van der Waals surface area contributed by atoms with Crippen molar-refractivity contribution in [2.24, 2.45) is 23.2 Å². The zero-order valence-electron chi connectivity index (χ0n) is 9.26. The summed E-state index contributed by atoms with van der Waals surface area (Å²) in [6.45, 7) is 6.78. The Bertz CT molecular complexity index is 348. The number of Topliss-reactive ketones (excluding diaryl/α,β-unsaturated/α-hetero) is 1. The molecule has 1 nitrogen and oxygen atoms in total. The molecule has 3 aliphatic carbocycles. The topological polar surface area (TPSA) is 17.1 Å². The van der Waals surface area contributed by atoms with Crippen LogP contribution in [0.5, 0.6) is 0 Å². The fourth-order valence-corrected chi connectivity index (χ4v) is 4.03. The Morgan fingerprint density at radius 1 is 1.29 bits per heavy atom. The number of rotatable bonds is 0. The molecule has 0 spiro atoms. The molecule has 0 aliphatic heterocycles. The van der Waals surface area contributed by atoms with Crippen molar-refractivity contribution in [2.75, 3.05) is 0 Å². The first kappa shape index (κ1) is 8.70. The lowest BCUT2D eigenvalue weighted by Gasteiger charge is -2.29. The van der Waals surface area contributed by atoms with Crippen LogP contribution in [-0.2, 0) is 4.79 Å². The third-order valence-electron chi connectivity index (χ3n) is 5.10. The second kappa shape index (κ2) is 2.32. The second-order valence-electron chi connectivity index (χ2n) is 5.83. The monoisotopic (exact) mass is 190 g/mol. The van der Waals surface area contributed by atoms with Crippen molar-refractivity contribution >= 4 is 5.78 Å². The lowest BCUT2D eigenvalue weighted by molar-refractivity contribution is -0.120. The average molecular weight is 190 g/mol. The molecule has 0 aromatic rings. The number of carbonyl (C=O) groups is 1. The van der Waals surface area contributed by atoms with Gasteiger partial charge in [0.1, 0.15) is 5.78 Å². The van der Waals surface area contributed by atoms with Crippen molar-refractivity contribution < 1.29 is 4.79 Å². The molecular formula is C13H18O. The third kappa shape index (κ3) is 0.796. The quantitative estimate of drug-likeness (QED) is 0.537. The molecule has 76 valence electrons. The smallest absolute Gasteiger partial charge is 0.137 e. The number of fused-ring (bicyclic) bond motifs is 1. The molecule has 0 heterocycles. The summed E-state index contributed by atoms with van der Waals surface area (Å²) >= 11 is 0. The van der Waals surface area contributed by atoms with Gasteiger partial charge in [0, 0.05) is 12.3 Å². The van der Waals surface area contributed by atoms with Gasteiger partial charge < -0.3 is 0 Å². The predicted octanol–water partition coefficient (Wildman–Crippen LogP) is 2.96. The third-order valence-corrected chi connectivity index (χ3v) is 5.10. The lowest BCUT2D eigenvalue weighted by Crippen LogP contribution is -2.20. The van der Waals surface area contributed by atoms with Gasteiger partial charge in [-0.2, -0.15) is 0 Å². The van der Waals surface area contributed by atoms with Gasteiger partial charge in [-0.25, -0.2) is 0 Å². The first-order valence-electron chi connectivity index (χ1n) is 5.73. The minimum Gasteiger partial charge on any atom is -0.299 e. The number of hydrogen-bond acceptors (Lipinski definition) is 1. The molecule has 0 bridgehead atoms. The van der Waals surface area contributed by atoms with E-state index in [-0.39, 0.29) is 0 Å². The van der Waals surface area contributed by atoms with Crippen LogP contribution < -0.4 is 0 Å². The summed E-state index contributed by atoms with van der Waals surface area (Å²) in [5, 5.41) is 0. The normalized spacial score (nSPS) is 49.2. The largest absolute Gasteiger partial charge is 0.299 e. The first-order chi connectivity index (χ1) is 6.55. The molecule has 0 aromatic carbocycles. The Morgan fingerprint density at radius 2 is 2.00 bits per heavy atom. The minimum absolute atomic E-state index is 0.427. The molecule has 1 heteroatoms. The van der Waals surface area contributed by atoms with Crippen molar-refractivity contribution in [3.63, 3.8) is 0 Å². The molecule has 0 amide bonds. The van der Waals surface area contributed by atoms with E-state index in [0.717, 1.165) is 6.42 Å². The Balaban J connectivity index is 1.96. The van der Waals surface area contributed by atoms with Crippen molar-refractivity contribution in [1.29, 1.82) is 0 Å². The SMILES string of the molecule is CC(C)=C1CC2C3C(=O)C[C@@H](C1)[C@@]23C. The zero-order chi connectivity index (χ0) is 10.1. The van der Waals surface area contributed by atoms with E-state index in [1.807, 2.05) is 0 Å². The maximum atomic E-state index is 11.7. The van der Waals surface area contributed by atoms with Gasteiger partial charge in [-0.1, -0.05) is 18.1 Å². The molecule has 3 aliphatic rings. The van der Waals surface area contributed by atoms with E-state index in [1.165, 1.54) is 18.4 Å². The predicted molar refractivity (Wildman–Crippen MR) is 55.8 cm³/mol. The van der Waals surface area contributed by atoms with Crippen LogP contribution in [0.4, 0.5) is 0 Å². The average Bonchev–Trinajstić information content (AvgIpc) is 2.59. The summed E-state index contributed by atoms with van der Waals surface area (Å²) in [7, 11) is 0. The van der Waals surface area contributed by atoms with Crippen molar-refractivity contribution in [3.8, 4) is 0 Å². The van der Waals surface area contributed by atoms with Gasteiger partial charge in [0.05, 0.1) is 0 Å². The van der Waals surface area contributed by atoms with E-state index >= 15 is 0 Å². The van der Waals surface area contributed by atoms with Crippen LogP contribution in [-0.4, -0.2) is 5.78 Å². The van der Waals surface area contributed by atoms with Crippen LogP contribution in [0, 0.1) is 23.2 Å². The van der Waals surface area contributed by atoms with E-state index in [9.17, 15) is 4.79 Å². The summed E-state index contributed by atoms with van der Waals surface area (Å²) < 4.78 is 0. The van der Waals surface area contributed by atoms with Crippen LogP contribution in [0.15, 0.2) is 11.1 Å². The van der Waals surface area contributed by atoms with Crippen LogP contribution in [0.25, 0.3) is 0 Å². The fraction of sp³-hybridized carbons (Fsp3) is 0.769.